The fourth-order valence-electron chi connectivity index (χ4n) is 2.21. The second kappa shape index (κ2) is 6.80. The monoisotopic (exact) mass is 268 g/mol. The van der Waals surface area contributed by atoms with Crippen molar-refractivity contribution in [3.8, 4) is 0 Å². The number of carbonyl (C=O) groups is 1. The van der Waals surface area contributed by atoms with Gasteiger partial charge in [-0.2, -0.15) is 0 Å². The molecule has 2 heterocycles. The zero-order valence-corrected chi connectivity index (χ0v) is 11.6. The minimum absolute atomic E-state index is 0.0144. The highest BCUT2D eigenvalue weighted by atomic mass is 32.1. The summed E-state index contributed by atoms with van der Waals surface area (Å²) in [6.45, 7) is 5.01. The van der Waals surface area contributed by atoms with Crippen LogP contribution in [0.5, 0.6) is 0 Å². The van der Waals surface area contributed by atoms with Crippen molar-refractivity contribution < 1.29 is 4.79 Å². The predicted octanol–water partition coefficient (Wildman–Crippen LogP) is 1.22. The Morgan fingerprint density at radius 2 is 2.50 bits per heavy atom. The molecule has 0 aliphatic carbocycles. The normalized spacial score (nSPS) is 19.1. The van der Waals surface area contributed by atoms with E-state index in [1.54, 1.807) is 0 Å². The molecule has 1 saturated heterocycles. The van der Waals surface area contributed by atoms with E-state index in [9.17, 15) is 4.79 Å². The molecule has 6 heteroatoms. The van der Waals surface area contributed by atoms with Crippen molar-refractivity contribution in [3.63, 3.8) is 0 Å². The third kappa shape index (κ3) is 3.49. The van der Waals surface area contributed by atoms with Crippen LogP contribution in [0.25, 0.3) is 0 Å². The van der Waals surface area contributed by atoms with Gasteiger partial charge in [0.1, 0.15) is 4.88 Å². The average Bonchev–Trinajstić information content (AvgIpc) is 3.00. The molecule has 1 atom stereocenters. The minimum Gasteiger partial charge on any atom is -0.351 e. The number of aromatic nitrogens is 2. The summed E-state index contributed by atoms with van der Waals surface area (Å²) in [6, 6.07) is 0. The quantitative estimate of drug-likeness (QED) is 0.814. The molecular formula is C12H20N4OS. The lowest BCUT2D eigenvalue weighted by Gasteiger charge is -2.08. The Bertz CT molecular complexity index is 387. The third-order valence-corrected chi connectivity index (χ3v) is 4.02. The fraction of sp³-hybridized carbons (Fsp3) is 0.750. The molecule has 0 aromatic carbocycles. The Morgan fingerprint density at radius 3 is 3.22 bits per heavy atom. The van der Waals surface area contributed by atoms with Crippen molar-refractivity contribution in [3.05, 3.63) is 10.6 Å². The number of rotatable bonds is 6. The lowest BCUT2D eigenvalue weighted by atomic mass is 10.1. The Kier molecular flexibility index (Phi) is 5.07. The van der Waals surface area contributed by atoms with Gasteiger partial charge in [-0.1, -0.05) is 17.8 Å². The van der Waals surface area contributed by atoms with Crippen molar-refractivity contribution >= 4 is 17.4 Å². The maximum atomic E-state index is 12.0. The lowest BCUT2D eigenvalue weighted by molar-refractivity contribution is 0.0954. The van der Waals surface area contributed by atoms with Gasteiger partial charge < -0.3 is 10.6 Å². The fourth-order valence-corrected chi connectivity index (χ4v) is 2.84. The van der Waals surface area contributed by atoms with Crippen molar-refractivity contribution in [2.75, 3.05) is 19.6 Å². The van der Waals surface area contributed by atoms with Gasteiger partial charge in [0.25, 0.3) is 5.91 Å². The summed E-state index contributed by atoms with van der Waals surface area (Å²) in [4.78, 5) is 12.7. The molecule has 2 rings (SSSR count). The van der Waals surface area contributed by atoms with E-state index in [2.05, 4.69) is 27.1 Å². The molecule has 1 aromatic heterocycles. The van der Waals surface area contributed by atoms with Gasteiger partial charge in [-0.05, 0) is 49.8 Å². The molecule has 100 valence electrons. The topological polar surface area (TPSA) is 66.9 Å². The predicted molar refractivity (Wildman–Crippen MR) is 71.8 cm³/mol. The second-order valence-electron chi connectivity index (χ2n) is 4.70. The maximum Gasteiger partial charge on any atom is 0.264 e. The number of nitrogens with zero attached hydrogens (tertiary/aromatic N) is 2. The molecule has 18 heavy (non-hydrogen) atoms. The first kappa shape index (κ1) is 13.4. The SMILES string of the molecule is CCCc1nnsc1C(=O)NCCC1CCNC1. The van der Waals surface area contributed by atoms with E-state index >= 15 is 0 Å². The van der Waals surface area contributed by atoms with Gasteiger partial charge in [-0.15, -0.1) is 5.10 Å². The molecule has 1 unspecified atom stereocenters. The Labute approximate surface area is 112 Å². The van der Waals surface area contributed by atoms with Crippen molar-refractivity contribution in [2.24, 2.45) is 5.92 Å². The van der Waals surface area contributed by atoms with Crippen LogP contribution < -0.4 is 10.6 Å². The molecule has 0 saturated carbocycles. The minimum atomic E-state index is -0.0144. The van der Waals surface area contributed by atoms with Crippen LogP contribution in [0.3, 0.4) is 0 Å². The van der Waals surface area contributed by atoms with Gasteiger partial charge in [0.2, 0.25) is 0 Å². The Morgan fingerprint density at radius 1 is 1.61 bits per heavy atom. The second-order valence-corrected chi connectivity index (χ2v) is 5.46. The van der Waals surface area contributed by atoms with Crippen molar-refractivity contribution in [2.45, 2.75) is 32.6 Å². The molecule has 0 bridgehead atoms. The van der Waals surface area contributed by atoms with Gasteiger partial charge in [0.05, 0.1) is 5.69 Å². The maximum absolute atomic E-state index is 12.0. The lowest BCUT2D eigenvalue weighted by Crippen LogP contribution is -2.26. The number of nitrogens with one attached hydrogen (secondary N) is 2. The van der Waals surface area contributed by atoms with E-state index in [0.29, 0.717) is 10.8 Å². The van der Waals surface area contributed by atoms with E-state index in [1.165, 1.54) is 18.0 Å². The van der Waals surface area contributed by atoms with Crippen LogP contribution in [0.1, 0.15) is 41.6 Å². The molecule has 1 aliphatic rings. The molecule has 2 N–H and O–H groups in total. The van der Waals surface area contributed by atoms with Gasteiger partial charge >= 0.3 is 0 Å². The first-order chi connectivity index (χ1) is 8.81. The summed E-state index contributed by atoms with van der Waals surface area (Å²) in [5, 5.41) is 10.3. The molecule has 0 radical (unpaired) electrons. The van der Waals surface area contributed by atoms with E-state index < -0.39 is 0 Å². The van der Waals surface area contributed by atoms with Gasteiger partial charge in [-0.3, -0.25) is 4.79 Å². The first-order valence-corrected chi connectivity index (χ1v) is 7.38. The first-order valence-electron chi connectivity index (χ1n) is 6.61. The van der Waals surface area contributed by atoms with Crippen LogP contribution in [0.15, 0.2) is 0 Å². The summed E-state index contributed by atoms with van der Waals surface area (Å²) in [7, 11) is 0. The number of carbonyl (C=O) groups excluding carboxylic acids is 1. The van der Waals surface area contributed by atoms with Gasteiger partial charge in [0, 0.05) is 6.54 Å². The van der Waals surface area contributed by atoms with Crippen LogP contribution >= 0.6 is 11.5 Å². The van der Waals surface area contributed by atoms with Crippen LogP contribution in [0.2, 0.25) is 0 Å². The molecule has 1 aromatic rings. The molecule has 1 amide bonds. The standard InChI is InChI=1S/C12H20N4OS/c1-2-3-10-11(18-16-15-10)12(17)14-7-5-9-4-6-13-8-9/h9,13H,2-8H2,1H3,(H,14,17). The number of amides is 1. The number of aryl methyl sites for hydroxylation is 1. The number of hydrogen-bond acceptors (Lipinski definition) is 5. The molecule has 5 nitrogen and oxygen atoms in total. The van der Waals surface area contributed by atoms with E-state index in [0.717, 1.165) is 44.6 Å². The Balaban J connectivity index is 1.77. The van der Waals surface area contributed by atoms with E-state index in [-0.39, 0.29) is 5.91 Å². The van der Waals surface area contributed by atoms with Gasteiger partial charge in [-0.25, -0.2) is 0 Å². The van der Waals surface area contributed by atoms with E-state index in [4.69, 9.17) is 0 Å². The smallest absolute Gasteiger partial charge is 0.264 e. The van der Waals surface area contributed by atoms with Crippen LogP contribution in [0, 0.1) is 5.92 Å². The molecular weight excluding hydrogens is 248 g/mol. The van der Waals surface area contributed by atoms with Crippen molar-refractivity contribution in [1.82, 2.24) is 20.2 Å². The highest BCUT2D eigenvalue weighted by Gasteiger charge is 2.17. The molecule has 1 fully saturated rings. The highest BCUT2D eigenvalue weighted by molar-refractivity contribution is 7.08. The summed E-state index contributed by atoms with van der Waals surface area (Å²) in [5.74, 6) is 0.694. The van der Waals surface area contributed by atoms with Gasteiger partial charge in [0.15, 0.2) is 0 Å². The zero-order chi connectivity index (χ0) is 12.8. The van der Waals surface area contributed by atoms with Crippen LogP contribution in [-0.2, 0) is 6.42 Å². The summed E-state index contributed by atoms with van der Waals surface area (Å²) >= 11 is 1.19. The summed E-state index contributed by atoms with van der Waals surface area (Å²) in [6.07, 6.45) is 4.08. The summed E-state index contributed by atoms with van der Waals surface area (Å²) < 4.78 is 3.87. The van der Waals surface area contributed by atoms with Crippen LogP contribution in [-0.4, -0.2) is 35.1 Å². The highest BCUT2D eigenvalue weighted by Crippen LogP contribution is 2.13. The van der Waals surface area contributed by atoms with E-state index in [1.807, 2.05) is 0 Å². The largest absolute Gasteiger partial charge is 0.351 e. The summed E-state index contributed by atoms with van der Waals surface area (Å²) in [5.41, 5.74) is 0.836. The zero-order valence-electron chi connectivity index (χ0n) is 10.7. The third-order valence-electron chi connectivity index (χ3n) is 3.25. The van der Waals surface area contributed by atoms with Crippen molar-refractivity contribution in [1.29, 1.82) is 0 Å². The van der Waals surface area contributed by atoms with Crippen LogP contribution in [0.4, 0.5) is 0 Å². The average molecular weight is 268 g/mol. The Hall–Kier alpha value is -1.01. The molecule has 1 aliphatic heterocycles. The molecule has 0 spiro atoms. The number of hydrogen-bond donors (Lipinski definition) is 2.